The van der Waals surface area contributed by atoms with Gasteiger partial charge in [0.1, 0.15) is 0 Å². The zero-order chi connectivity index (χ0) is 18.8. The Balaban J connectivity index is 0. The number of rotatable bonds is 5. The summed E-state index contributed by atoms with van der Waals surface area (Å²) in [6.45, 7) is 10.1. The van der Waals surface area contributed by atoms with Crippen molar-refractivity contribution in [2.24, 2.45) is 0 Å². The second-order valence-corrected chi connectivity index (χ2v) is 8.86. The molecule has 23 heavy (non-hydrogen) atoms. The molecule has 4 N–H and O–H groups in total. The highest BCUT2D eigenvalue weighted by Gasteiger charge is 2.35. The summed E-state index contributed by atoms with van der Waals surface area (Å²) in [6.07, 6.45) is -3.58. The van der Waals surface area contributed by atoms with E-state index in [9.17, 15) is 4.79 Å². The molecule has 0 aliphatic carbocycles. The second-order valence-electron chi connectivity index (χ2n) is 4.13. The number of carbonyl (C=O) groups is 1. The monoisotopic (exact) mass is 453 g/mol. The number of halogens is 6. The number of amides is 2. The molecule has 12 heteroatoms. The van der Waals surface area contributed by atoms with Gasteiger partial charge in [0.05, 0.1) is 0 Å². The molecule has 2 amide bonds. The third-order valence-corrected chi connectivity index (χ3v) is 3.74. The molecule has 0 spiro atoms. The predicted molar refractivity (Wildman–Crippen MR) is 97.7 cm³/mol. The van der Waals surface area contributed by atoms with E-state index in [1.54, 1.807) is 10.6 Å². The van der Waals surface area contributed by atoms with Gasteiger partial charge >= 0.3 is 6.03 Å². The lowest BCUT2D eigenvalue weighted by atomic mass is 10.5. The molecule has 0 fully saturated rings. The molecule has 2 atom stereocenters. The highest BCUT2D eigenvalue weighted by molar-refractivity contribution is 6.68. The molecule has 0 saturated carbocycles. The van der Waals surface area contributed by atoms with Crippen LogP contribution < -0.4 is 10.6 Å². The van der Waals surface area contributed by atoms with Crippen LogP contribution in [0.25, 0.3) is 0 Å². The van der Waals surface area contributed by atoms with E-state index >= 15 is 0 Å². The molecule has 6 nitrogen and oxygen atoms in total. The van der Waals surface area contributed by atoms with Gasteiger partial charge in [-0.3, -0.25) is 0 Å². The van der Waals surface area contributed by atoms with Gasteiger partial charge in [0.2, 0.25) is 7.59 Å². The zero-order valence-electron chi connectivity index (χ0n) is 12.8. The lowest BCUT2D eigenvalue weighted by molar-refractivity contribution is 0.120. The molecule has 0 bridgehead atoms. The standard InChI is InChI=1S/C6H15N.C5H6Cl6N2O3/c1-4-7(5-2)6-3;6-4(7,8)1(14)12-3(16)13-2(15)5(9,10)11/h4-6H2,1-3H3;1-2,14-15H,(H2,12,13,16). The lowest BCUT2D eigenvalue weighted by Crippen LogP contribution is -2.53. The van der Waals surface area contributed by atoms with Gasteiger partial charge in [0, 0.05) is 0 Å². The Labute approximate surface area is 166 Å². The van der Waals surface area contributed by atoms with Crippen molar-refractivity contribution in [1.82, 2.24) is 15.5 Å². The quantitative estimate of drug-likeness (QED) is 0.379. The van der Waals surface area contributed by atoms with Gasteiger partial charge in [0.15, 0.2) is 12.5 Å². The molecule has 0 aromatic rings. The molecule has 0 saturated heterocycles. The van der Waals surface area contributed by atoms with Crippen molar-refractivity contribution in [2.45, 2.75) is 40.8 Å². The van der Waals surface area contributed by atoms with E-state index in [2.05, 4.69) is 25.7 Å². The van der Waals surface area contributed by atoms with Crippen LogP contribution in [0.1, 0.15) is 20.8 Å². The maximum atomic E-state index is 11.1. The van der Waals surface area contributed by atoms with E-state index in [-0.39, 0.29) is 0 Å². The summed E-state index contributed by atoms with van der Waals surface area (Å²) in [7, 11) is 0. The number of aliphatic hydroxyl groups excluding tert-OH is 2. The SMILES string of the molecule is CCN(CC)CC.O=C(NC(O)C(Cl)(Cl)Cl)NC(O)C(Cl)(Cl)Cl. The van der Waals surface area contributed by atoms with Gasteiger partial charge in [-0.05, 0) is 19.6 Å². The maximum absolute atomic E-state index is 11.1. The van der Waals surface area contributed by atoms with Crippen molar-refractivity contribution in [1.29, 1.82) is 0 Å². The van der Waals surface area contributed by atoms with Crippen LogP contribution in [0.2, 0.25) is 0 Å². The summed E-state index contributed by atoms with van der Waals surface area (Å²) in [5.41, 5.74) is 0. The Hall–Kier alpha value is 0.890. The lowest BCUT2D eigenvalue weighted by Gasteiger charge is -2.23. The van der Waals surface area contributed by atoms with E-state index in [0.29, 0.717) is 0 Å². The first-order valence-corrected chi connectivity index (χ1v) is 8.85. The van der Waals surface area contributed by atoms with Crippen LogP contribution >= 0.6 is 69.6 Å². The number of carbonyl (C=O) groups excluding carboxylic acids is 1. The molecule has 0 aliphatic heterocycles. The first-order chi connectivity index (χ1) is 10.3. The summed E-state index contributed by atoms with van der Waals surface area (Å²) in [4.78, 5) is 13.4. The molecule has 0 aliphatic rings. The molecule has 140 valence electrons. The normalized spacial score (nSPS) is 14.6. The van der Waals surface area contributed by atoms with Gasteiger partial charge in [-0.25, -0.2) is 4.79 Å². The summed E-state index contributed by atoms with van der Waals surface area (Å²) in [6, 6.07) is -1.09. The van der Waals surface area contributed by atoms with Gasteiger partial charge < -0.3 is 25.7 Å². The third-order valence-electron chi connectivity index (χ3n) is 2.50. The number of urea groups is 1. The summed E-state index contributed by atoms with van der Waals surface area (Å²) in [5.74, 6) is 0. The molecular weight excluding hydrogens is 435 g/mol. The maximum Gasteiger partial charge on any atom is 0.319 e. The molecule has 0 heterocycles. The van der Waals surface area contributed by atoms with Gasteiger partial charge in [-0.2, -0.15) is 0 Å². The van der Waals surface area contributed by atoms with Gasteiger partial charge in [-0.1, -0.05) is 90.4 Å². The molecule has 0 radical (unpaired) electrons. The summed E-state index contributed by atoms with van der Waals surface area (Å²) < 4.78 is -4.25. The first kappa shape index (κ1) is 26.1. The minimum Gasteiger partial charge on any atom is -0.369 e. The topological polar surface area (TPSA) is 84.8 Å². The zero-order valence-corrected chi connectivity index (χ0v) is 17.3. The van der Waals surface area contributed by atoms with Gasteiger partial charge in [-0.15, -0.1) is 0 Å². The number of hydrogen-bond acceptors (Lipinski definition) is 4. The molecular formula is C11H21Cl6N3O3. The average molecular weight is 456 g/mol. The van der Waals surface area contributed by atoms with Crippen molar-refractivity contribution < 1.29 is 15.0 Å². The van der Waals surface area contributed by atoms with Gasteiger partial charge in [0.25, 0.3) is 0 Å². The second kappa shape index (κ2) is 12.3. The Morgan fingerprint density at radius 3 is 1.26 bits per heavy atom. The average Bonchev–Trinajstić information content (AvgIpc) is 2.39. The van der Waals surface area contributed by atoms with Crippen LogP contribution in [0, 0.1) is 0 Å². The van der Waals surface area contributed by atoms with Crippen LogP contribution in [0.3, 0.4) is 0 Å². The van der Waals surface area contributed by atoms with Crippen molar-refractivity contribution in [2.75, 3.05) is 19.6 Å². The number of aliphatic hydroxyl groups is 2. The van der Waals surface area contributed by atoms with Crippen LogP contribution in [-0.4, -0.2) is 60.8 Å². The van der Waals surface area contributed by atoms with E-state index in [4.69, 9.17) is 79.8 Å². The minimum absolute atomic E-state index is 1.09. The van der Waals surface area contributed by atoms with Crippen molar-refractivity contribution >= 4 is 75.6 Å². The Kier molecular flexibility index (Phi) is 13.9. The number of nitrogens with one attached hydrogen (secondary N) is 2. The van der Waals surface area contributed by atoms with Crippen molar-refractivity contribution in [3.63, 3.8) is 0 Å². The number of alkyl halides is 6. The predicted octanol–water partition coefficient (Wildman–Crippen LogP) is 3.01. The first-order valence-electron chi connectivity index (χ1n) is 6.58. The fraction of sp³-hybridized carbons (Fsp3) is 0.909. The van der Waals surface area contributed by atoms with Crippen LogP contribution in [0.4, 0.5) is 4.79 Å². The van der Waals surface area contributed by atoms with E-state index in [1.165, 1.54) is 19.6 Å². The fourth-order valence-electron chi connectivity index (χ4n) is 1.12. The van der Waals surface area contributed by atoms with Crippen molar-refractivity contribution in [3.8, 4) is 0 Å². The molecule has 2 unspecified atom stereocenters. The highest BCUT2D eigenvalue weighted by Crippen LogP contribution is 2.30. The van der Waals surface area contributed by atoms with Crippen LogP contribution in [-0.2, 0) is 0 Å². The fourth-order valence-corrected chi connectivity index (χ4v) is 1.45. The summed E-state index contributed by atoms with van der Waals surface area (Å²) >= 11 is 31.5. The number of hydrogen-bond donors (Lipinski definition) is 4. The largest absolute Gasteiger partial charge is 0.369 e. The Morgan fingerprint density at radius 2 is 1.13 bits per heavy atom. The third kappa shape index (κ3) is 13.8. The molecule has 0 aromatic heterocycles. The molecule has 0 rings (SSSR count). The smallest absolute Gasteiger partial charge is 0.319 e. The molecule has 0 aromatic carbocycles. The van der Waals surface area contributed by atoms with E-state index in [0.717, 1.165) is 0 Å². The van der Waals surface area contributed by atoms with Crippen LogP contribution in [0.5, 0.6) is 0 Å². The summed E-state index contributed by atoms with van der Waals surface area (Å²) in [5, 5.41) is 21.8. The Bertz CT molecular complexity index is 304. The van der Waals surface area contributed by atoms with E-state index < -0.39 is 26.1 Å². The van der Waals surface area contributed by atoms with Crippen molar-refractivity contribution in [3.05, 3.63) is 0 Å². The minimum atomic E-state index is -2.12. The van der Waals surface area contributed by atoms with Crippen LogP contribution in [0.15, 0.2) is 0 Å². The van der Waals surface area contributed by atoms with E-state index in [1.807, 2.05) is 0 Å². The highest BCUT2D eigenvalue weighted by atomic mass is 35.6. The number of nitrogens with zero attached hydrogens (tertiary/aromatic N) is 1. The Morgan fingerprint density at radius 1 is 0.870 bits per heavy atom.